The molecule has 3 heterocycles. The van der Waals surface area contributed by atoms with E-state index in [4.69, 9.17) is 0 Å². The van der Waals surface area contributed by atoms with Crippen molar-refractivity contribution in [1.82, 2.24) is 20.4 Å². The van der Waals surface area contributed by atoms with Crippen LogP contribution in [0.25, 0.3) is 0 Å². The highest BCUT2D eigenvalue weighted by molar-refractivity contribution is 7.08. The van der Waals surface area contributed by atoms with Crippen molar-refractivity contribution in [1.29, 1.82) is 0 Å². The van der Waals surface area contributed by atoms with Crippen LogP contribution in [0.5, 0.6) is 0 Å². The fourth-order valence-electron chi connectivity index (χ4n) is 2.50. The predicted molar refractivity (Wildman–Crippen MR) is 78.9 cm³/mol. The molecule has 3 rings (SSSR count). The number of carbonyl (C=O) groups excluding carboxylic acids is 2. The number of nitrogens with one attached hydrogen (secondary N) is 2. The molecule has 7 heteroatoms. The molecule has 21 heavy (non-hydrogen) atoms. The Hall–Kier alpha value is -2.15. The minimum absolute atomic E-state index is 0.0227. The van der Waals surface area contributed by atoms with E-state index in [1.807, 2.05) is 16.8 Å². The number of thiophene rings is 1. The Morgan fingerprint density at radius 2 is 2.38 bits per heavy atom. The normalized spacial score (nSPS) is 21.9. The van der Waals surface area contributed by atoms with Crippen LogP contribution in [0.1, 0.15) is 34.9 Å². The highest BCUT2D eigenvalue weighted by Crippen LogP contribution is 2.26. The Morgan fingerprint density at radius 1 is 1.52 bits per heavy atom. The first-order valence-electron chi connectivity index (χ1n) is 6.75. The molecule has 0 radical (unpaired) electrons. The molecule has 0 aromatic carbocycles. The average Bonchev–Trinajstić information content (AvgIpc) is 3.11. The molecule has 2 N–H and O–H groups in total. The highest BCUT2D eigenvalue weighted by atomic mass is 32.1. The van der Waals surface area contributed by atoms with Crippen LogP contribution in [0.15, 0.2) is 29.1 Å². The topological polar surface area (TPSA) is 76.0 Å². The smallest absolute Gasteiger partial charge is 0.272 e. The molecule has 2 amide bonds. The molecule has 1 aliphatic heterocycles. The second-order valence-corrected chi connectivity index (χ2v) is 5.88. The van der Waals surface area contributed by atoms with Crippen LogP contribution in [-0.2, 0) is 11.8 Å². The van der Waals surface area contributed by atoms with Gasteiger partial charge in [0.15, 0.2) is 0 Å². The Kier molecular flexibility index (Phi) is 3.74. The molecule has 0 saturated carbocycles. The summed E-state index contributed by atoms with van der Waals surface area (Å²) in [5.41, 5.74) is 1.41. The van der Waals surface area contributed by atoms with Crippen LogP contribution in [-0.4, -0.2) is 27.6 Å². The number of piperidine rings is 1. The van der Waals surface area contributed by atoms with Crippen molar-refractivity contribution in [3.8, 4) is 0 Å². The number of nitrogens with zero attached hydrogens (tertiary/aromatic N) is 2. The summed E-state index contributed by atoms with van der Waals surface area (Å²) in [4.78, 5) is 23.9. The van der Waals surface area contributed by atoms with Crippen LogP contribution in [0.2, 0.25) is 0 Å². The van der Waals surface area contributed by atoms with Gasteiger partial charge in [0, 0.05) is 19.7 Å². The SMILES string of the molecule is Cn1ccc(C(=O)N[C@@H]2CCC(=O)N[C@H]2c2ccsc2)n1. The van der Waals surface area contributed by atoms with Crippen molar-refractivity contribution < 1.29 is 9.59 Å². The fourth-order valence-corrected chi connectivity index (χ4v) is 3.20. The van der Waals surface area contributed by atoms with E-state index in [0.717, 1.165) is 5.56 Å². The zero-order valence-electron chi connectivity index (χ0n) is 11.6. The summed E-state index contributed by atoms with van der Waals surface area (Å²) in [5, 5.41) is 14.0. The lowest BCUT2D eigenvalue weighted by molar-refractivity contribution is -0.123. The maximum Gasteiger partial charge on any atom is 0.272 e. The van der Waals surface area contributed by atoms with Crippen LogP contribution in [0, 0.1) is 0 Å². The standard InChI is InChI=1S/C14H16N4O2S/c1-18-6-4-11(17-18)14(20)15-10-2-3-12(19)16-13(10)9-5-7-21-8-9/h4-8,10,13H,2-3H2,1H3,(H,15,20)(H,16,19)/t10-,13+/m1/s1. The van der Waals surface area contributed by atoms with Gasteiger partial charge in [0.1, 0.15) is 5.69 Å². The minimum atomic E-state index is -0.211. The second kappa shape index (κ2) is 5.69. The van der Waals surface area contributed by atoms with E-state index >= 15 is 0 Å². The molecule has 2 atom stereocenters. The second-order valence-electron chi connectivity index (χ2n) is 5.10. The van der Waals surface area contributed by atoms with E-state index in [1.165, 1.54) is 0 Å². The Labute approximate surface area is 126 Å². The third-order valence-corrected chi connectivity index (χ3v) is 4.27. The summed E-state index contributed by atoms with van der Waals surface area (Å²) in [5.74, 6) is -0.188. The lowest BCUT2D eigenvalue weighted by atomic mass is 9.93. The Bertz CT molecular complexity index is 650. The molecule has 0 aliphatic carbocycles. The van der Waals surface area contributed by atoms with Gasteiger partial charge in [-0.1, -0.05) is 0 Å². The van der Waals surface area contributed by atoms with Crippen molar-refractivity contribution in [2.75, 3.05) is 0 Å². The van der Waals surface area contributed by atoms with E-state index in [1.54, 1.807) is 35.3 Å². The van der Waals surface area contributed by atoms with Crippen molar-refractivity contribution in [3.05, 3.63) is 40.3 Å². The average molecular weight is 304 g/mol. The first kappa shape index (κ1) is 13.8. The van der Waals surface area contributed by atoms with Crippen molar-refractivity contribution in [2.24, 2.45) is 7.05 Å². The molecule has 6 nitrogen and oxygen atoms in total. The highest BCUT2D eigenvalue weighted by Gasteiger charge is 2.31. The first-order valence-corrected chi connectivity index (χ1v) is 7.70. The first-order chi connectivity index (χ1) is 10.1. The molecule has 0 unspecified atom stereocenters. The quantitative estimate of drug-likeness (QED) is 0.895. The van der Waals surface area contributed by atoms with Gasteiger partial charge in [0.25, 0.3) is 5.91 Å². The summed E-state index contributed by atoms with van der Waals surface area (Å²) < 4.78 is 1.59. The summed E-state index contributed by atoms with van der Waals surface area (Å²) >= 11 is 1.58. The number of rotatable bonds is 3. The monoisotopic (exact) mass is 304 g/mol. The van der Waals surface area contributed by atoms with Gasteiger partial charge in [-0.3, -0.25) is 14.3 Å². The number of hydrogen-bond donors (Lipinski definition) is 2. The molecule has 0 bridgehead atoms. The van der Waals surface area contributed by atoms with Gasteiger partial charge in [-0.05, 0) is 34.9 Å². The lowest BCUT2D eigenvalue weighted by Crippen LogP contribution is -2.50. The van der Waals surface area contributed by atoms with Crippen LogP contribution in [0.4, 0.5) is 0 Å². The van der Waals surface area contributed by atoms with Crippen LogP contribution in [0.3, 0.4) is 0 Å². The van der Waals surface area contributed by atoms with E-state index < -0.39 is 0 Å². The summed E-state index contributed by atoms with van der Waals surface area (Å²) in [7, 11) is 1.77. The van der Waals surface area contributed by atoms with Crippen molar-refractivity contribution in [3.63, 3.8) is 0 Å². The molecule has 1 fully saturated rings. The number of hydrogen-bond acceptors (Lipinski definition) is 4. The Balaban J connectivity index is 1.76. The third kappa shape index (κ3) is 2.97. The zero-order valence-corrected chi connectivity index (χ0v) is 12.4. The van der Waals surface area contributed by atoms with E-state index in [2.05, 4.69) is 15.7 Å². The summed E-state index contributed by atoms with van der Waals surface area (Å²) in [6, 6.07) is 3.36. The van der Waals surface area contributed by atoms with Crippen LogP contribution >= 0.6 is 11.3 Å². The number of amides is 2. The lowest BCUT2D eigenvalue weighted by Gasteiger charge is -2.32. The van der Waals surface area contributed by atoms with Gasteiger partial charge in [-0.15, -0.1) is 0 Å². The number of aryl methyl sites for hydroxylation is 1. The molecule has 2 aromatic heterocycles. The maximum absolute atomic E-state index is 12.2. The van der Waals surface area contributed by atoms with Gasteiger partial charge in [0.05, 0.1) is 12.1 Å². The maximum atomic E-state index is 12.2. The summed E-state index contributed by atoms with van der Waals surface area (Å²) in [6.07, 6.45) is 2.78. The third-order valence-electron chi connectivity index (χ3n) is 3.57. The largest absolute Gasteiger partial charge is 0.347 e. The van der Waals surface area contributed by atoms with Crippen molar-refractivity contribution >= 4 is 23.2 Å². The van der Waals surface area contributed by atoms with Gasteiger partial charge in [-0.2, -0.15) is 16.4 Å². The van der Waals surface area contributed by atoms with Crippen molar-refractivity contribution in [2.45, 2.75) is 24.9 Å². The fraction of sp³-hybridized carbons (Fsp3) is 0.357. The number of aromatic nitrogens is 2. The molecular formula is C14H16N4O2S. The van der Waals surface area contributed by atoms with Gasteiger partial charge >= 0.3 is 0 Å². The van der Waals surface area contributed by atoms with Gasteiger partial charge in [0.2, 0.25) is 5.91 Å². The summed E-state index contributed by atoms with van der Waals surface area (Å²) in [6.45, 7) is 0. The molecule has 110 valence electrons. The van der Waals surface area contributed by atoms with E-state index in [9.17, 15) is 9.59 Å². The number of carbonyl (C=O) groups is 2. The molecule has 2 aromatic rings. The van der Waals surface area contributed by atoms with E-state index in [-0.39, 0.29) is 23.9 Å². The van der Waals surface area contributed by atoms with Gasteiger partial charge < -0.3 is 10.6 Å². The zero-order chi connectivity index (χ0) is 14.8. The molecule has 1 aliphatic rings. The Morgan fingerprint density at radius 3 is 3.05 bits per heavy atom. The van der Waals surface area contributed by atoms with Crippen LogP contribution < -0.4 is 10.6 Å². The predicted octanol–water partition coefficient (Wildman–Crippen LogP) is 1.23. The molecular weight excluding hydrogens is 288 g/mol. The molecule has 1 saturated heterocycles. The van der Waals surface area contributed by atoms with E-state index in [0.29, 0.717) is 18.5 Å². The minimum Gasteiger partial charge on any atom is -0.347 e. The van der Waals surface area contributed by atoms with Gasteiger partial charge in [-0.25, -0.2) is 0 Å². The molecule has 0 spiro atoms.